The topological polar surface area (TPSA) is 52.6 Å². The van der Waals surface area contributed by atoms with Crippen LogP contribution >= 0.6 is 0 Å². The van der Waals surface area contributed by atoms with E-state index >= 15 is 0 Å². The Hall–Kier alpha value is -3.01. The Morgan fingerprint density at radius 3 is 2.32 bits per heavy atom. The van der Waals surface area contributed by atoms with Gasteiger partial charge in [-0.2, -0.15) is 0 Å². The lowest BCUT2D eigenvalue weighted by Gasteiger charge is -2.18. The highest BCUT2D eigenvalue weighted by Gasteiger charge is 2.10. The van der Waals surface area contributed by atoms with E-state index in [2.05, 4.69) is 61.6 Å². The molecule has 4 heteroatoms. The van der Waals surface area contributed by atoms with E-state index in [1.165, 1.54) is 11.3 Å². The number of hydrogen-bond acceptors (Lipinski definition) is 3. The largest absolute Gasteiger partial charge is 0.478 e. The first-order valence-corrected chi connectivity index (χ1v) is 9.76. The van der Waals surface area contributed by atoms with Gasteiger partial charge in [0, 0.05) is 32.0 Å². The average Bonchev–Trinajstić information content (AvgIpc) is 2.70. The van der Waals surface area contributed by atoms with E-state index in [9.17, 15) is 4.79 Å². The number of aromatic carboxylic acids is 1. The van der Waals surface area contributed by atoms with E-state index in [4.69, 9.17) is 5.11 Å². The van der Waals surface area contributed by atoms with Crippen molar-refractivity contribution in [1.82, 2.24) is 0 Å². The van der Waals surface area contributed by atoms with Crippen LogP contribution in [0.25, 0.3) is 10.8 Å². The number of carbonyl (C=O) groups is 1. The maximum absolute atomic E-state index is 11.1. The van der Waals surface area contributed by atoms with Crippen molar-refractivity contribution >= 4 is 28.1 Å². The van der Waals surface area contributed by atoms with E-state index in [-0.39, 0.29) is 0 Å². The van der Waals surface area contributed by atoms with Crippen LogP contribution in [-0.2, 0) is 0 Å². The zero-order valence-corrected chi connectivity index (χ0v) is 16.8. The first-order valence-electron chi connectivity index (χ1n) is 9.76. The van der Waals surface area contributed by atoms with Crippen molar-refractivity contribution in [2.45, 2.75) is 25.7 Å². The first-order chi connectivity index (χ1) is 13.5. The van der Waals surface area contributed by atoms with Gasteiger partial charge in [-0.05, 0) is 71.5 Å². The molecule has 0 radical (unpaired) electrons. The Morgan fingerprint density at radius 1 is 1.00 bits per heavy atom. The van der Waals surface area contributed by atoms with E-state index < -0.39 is 5.97 Å². The second-order valence-electron chi connectivity index (χ2n) is 7.39. The van der Waals surface area contributed by atoms with E-state index in [0.29, 0.717) is 11.5 Å². The molecule has 3 aromatic carbocycles. The average molecular weight is 377 g/mol. The van der Waals surface area contributed by atoms with Crippen molar-refractivity contribution in [2.24, 2.45) is 0 Å². The van der Waals surface area contributed by atoms with Crippen molar-refractivity contribution in [3.63, 3.8) is 0 Å². The molecule has 3 rings (SSSR count). The quantitative estimate of drug-likeness (QED) is 0.537. The highest BCUT2D eigenvalue weighted by atomic mass is 16.4. The maximum Gasteiger partial charge on any atom is 0.335 e. The van der Waals surface area contributed by atoms with Gasteiger partial charge in [-0.3, -0.25) is 0 Å². The van der Waals surface area contributed by atoms with Crippen LogP contribution in [0, 0.1) is 0 Å². The highest BCUT2D eigenvalue weighted by Crippen LogP contribution is 2.26. The first kappa shape index (κ1) is 19.7. The summed E-state index contributed by atoms with van der Waals surface area (Å²) in [6.07, 6.45) is 2.17. The fraction of sp³-hybridized carbons (Fsp3) is 0.292. The molecule has 0 saturated heterocycles. The lowest BCUT2D eigenvalue weighted by Crippen LogP contribution is -2.10. The summed E-state index contributed by atoms with van der Waals surface area (Å²) in [5.41, 5.74) is 3.99. The van der Waals surface area contributed by atoms with Crippen LogP contribution in [0.3, 0.4) is 0 Å². The van der Waals surface area contributed by atoms with Gasteiger partial charge in [0.1, 0.15) is 0 Å². The Balaban J connectivity index is 1.62. The second kappa shape index (κ2) is 8.79. The lowest BCUT2D eigenvalue weighted by atomic mass is 9.93. The Labute approximate surface area is 166 Å². The molecular formula is C24H28N2O2. The molecule has 0 saturated carbocycles. The number of nitrogens with one attached hydrogen (secondary N) is 1. The van der Waals surface area contributed by atoms with Crippen LogP contribution in [0.2, 0.25) is 0 Å². The van der Waals surface area contributed by atoms with Crippen molar-refractivity contribution in [3.05, 3.63) is 71.8 Å². The molecule has 0 heterocycles. The summed E-state index contributed by atoms with van der Waals surface area (Å²) in [5, 5.41) is 14.6. The van der Waals surface area contributed by atoms with Crippen molar-refractivity contribution in [2.75, 3.05) is 30.9 Å². The standard InChI is InChI=1S/C24H28N2O2/c1-4-17(18-8-11-23(12-9-18)26(2)3)13-14-25-22-10-7-19-15-21(24(27)28)6-5-20(19)16-22/h5-12,15-17,25H,4,13-14H2,1-3H3,(H,27,28). The zero-order chi connectivity index (χ0) is 20.1. The third-order valence-electron chi connectivity index (χ3n) is 5.28. The molecule has 3 aromatic rings. The van der Waals surface area contributed by atoms with Crippen LogP contribution in [0.5, 0.6) is 0 Å². The molecule has 0 aromatic heterocycles. The number of rotatable bonds is 8. The molecule has 0 aliphatic carbocycles. The fourth-order valence-electron chi connectivity index (χ4n) is 3.53. The molecule has 0 fully saturated rings. The van der Waals surface area contributed by atoms with E-state index in [0.717, 1.165) is 35.8 Å². The number of benzene rings is 3. The number of carboxylic acids is 1. The van der Waals surface area contributed by atoms with Crippen LogP contribution in [0.4, 0.5) is 11.4 Å². The molecule has 4 nitrogen and oxygen atoms in total. The monoisotopic (exact) mass is 376 g/mol. The predicted molar refractivity (Wildman–Crippen MR) is 118 cm³/mol. The molecule has 2 N–H and O–H groups in total. The molecular weight excluding hydrogens is 348 g/mol. The van der Waals surface area contributed by atoms with E-state index in [1.54, 1.807) is 12.1 Å². The maximum atomic E-state index is 11.1. The van der Waals surface area contributed by atoms with Gasteiger partial charge in [0.15, 0.2) is 0 Å². The Kier molecular flexibility index (Phi) is 6.19. The smallest absolute Gasteiger partial charge is 0.335 e. The van der Waals surface area contributed by atoms with Crippen LogP contribution in [0.1, 0.15) is 41.6 Å². The molecule has 0 bridgehead atoms. The molecule has 1 atom stereocenters. The summed E-state index contributed by atoms with van der Waals surface area (Å²) < 4.78 is 0. The highest BCUT2D eigenvalue weighted by molar-refractivity contribution is 5.95. The molecule has 0 aliphatic rings. The minimum absolute atomic E-state index is 0.319. The number of carboxylic acid groups (broad SMARTS) is 1. The lowest BCUT2D eigenvalue weighted by molar-refractivity contribution is 0.0697. The number of hydrogen-bond donors (Lipinski definition) is 2. The Morgan fingerprint density at radius 2 is 1.68 bits per heavy atom. The van der Waals surface area contributed by atoms with Gasteiger partial charge in [0.05, 0.1) is 5.56 Å². The number of nitrogens with zero attached hydrogens (tertiary/aromatic N) is 1. The fourth-order valence-corrected chi connectivity index (χ4v) is 3.53. The van der Waals surface area contributed by atoms with Gasteiger partial charge in [0.2, 0.25) is 0 Å². The molecule has 146 valence electrons. The van der Waals surface area contributed by atoms with Crippen molar-refractivity contribution in [1.29, 1.82) is 0 Å². The summed E-state index contributed by atoms with van der Waals surface area (Å²) >= 11 is 0. The predicted octanol–water partition coefficient (Wildman–Crippen LogP) is 5.60. The molecule has 1 unspecified atom stereocenters. The van der Waals surface area contributed by atoms with Crippen molar-refractivity contribution in [3.8, 4) is 0 Å². The summed E-state index contributed by atoms with van der Waals surface area (Å²) in [4.78, 5) is 13.2. The summed E-state index contributed by atoms with van der Waals surface area (Å²) in [5.74, 6) is -0.365. The molecule has 0 aliphatic heterocycles. The summed E-state index contributed by atoms with van der Waals surface area (Å²) in [6, 6.07) is 20.1. The molecule has 0 amide bonds. The molecule has 0 spiro atoms. The minimum atomic E-state index is -0.895. The minimum Gasteiger partial charge on any atom is -0.478 e. The summed E-state index contributed by atoms with van der Waals surface area (Å²) in [7, 11) is 4.12. The van der Waals surface area contributed by atoms with Gasteiger partial charge in [-0.1, -0.05) is 31.2 Å². The van der Waals surface area contributed by atoms with Gasteiger partial charge in [0.25, 0.3) is 0 Å². The van der Waals surface area contributed by atoms with E-state index in [1.807, 2.05) is 18.2 Å². The number of anilines is 2. The van der Waals surface area contributed by atoms with Gasteiger partial charge in [-0.15, -0.1) is 0 Å². The van der Waals surface area contributed by atoms with Gasteiger partial charge < -0.3 is 15.3 Å². The molecule has 28 heavy (non-hydrogen) atoms. The second-order valence-corrected chi connectivity index (χ2v) is 7.39. The summed E-state index contributed by atoms with van der Waals surface area (Å²) in [6.45, 7) is 3.13. The normalized spacial score (nSPS) is 12.0. The third kappa shape index (κ3) is 4.63. The SMILES string of the molecule is CCC(CCNc1ccc2cc(C(=O)O)ccc2c1)c1ccc(N(C)C)cc1. The third-order valence-corrected chi connectivity index (χ3v) is 5.28. The van der Waals surface area contributed by atoms with Crippen LogP contribution < -0.4 is 10.2 Å². The zero-order valence-electron chi connectivity index (χ0n) is 16.8. The number of fused-ring (bicyclic) bond motifs is 1. The van der Waals surface area contributed by atoms with Crippen LogP contribution in [-0.4, -0.2) is 31.7 Å². The van der Waals surface area contributed by atoms with Gasteiger partial charge in [-0.25, -0.2) is 4.79 Å². The van der Waals surface area contributed by atoms with Crippen molar-refractivity contribution < 1.29 is 9.90 Å². The Bertz CT molecular complexity index is 948. The van der Waals surface area contributed by atoms with Crippen LogP contribution in [0.15, 0.2) is 60.7 Å². The van der Waals surface area contributed by atoms with Gasteiger partial charge >= 0.3 is 5.97 Å².